The fraction of sp³-hybridized carbons (Fsp3) is 0. The number of fused-ring (bicyclic) bond motifs is 14. The number of hydrogen-bond acceptors (Lipinski definition) is 0. The minimum Gasteiger partial charge on any atom is -0.0622 e. The third-order valence-corrected chi connectivity index (χ3v) is 9.98. The van der Waals surface area contributed by atoms with Crippen LogP contribution >= 0.6 is 0 Å². The second-order valence-electron chi connectivity index (χ2n) is 12.5. The Morgan fingerprint density at radius 3 is 1.09 bits per heavy atom. The minimum atomic E-state index is 1.24. The van der Waals surface area contributed by atoms with Gasteiger partial charge in [0.25, 0.3) is 0 Å². The lowest BCUT2D eigenvalue weighted by atomic mass is 9.86. The molecular weight excluding hydrogens is 553 g/mol. The minimum absolute atomic E-state index is 1.24. The van der Waals surface area contributed by atoms with E-state index in [9.17, 15) is 0 Å². The van der Waals surface area contributed by atoms with Crippen molar-refractivity contribution in [1.29, 1.82) is 0 Å². The molecule has 0 saturated carbocycles. The molecule has 0 heteroatoms. The fourth-order valence-electron chi connectivity index (χ4n) is 7.86. The summed E-state index contributed by atoms with van der Waals surface area (Å²) in [6, 6.07) is 62.8. The van der Waals surface area contributed by atoms with Crippen molar-refractivity contribution in [3.63, 3.8) is 0 Å². The standard InChI is InChI=1S/C46H28/c1-2-10-29(11-3-1)30-20-23-35-33(26-30)18-19-34-27-31(21-24-36(34)35)32-22-25-40-39-14-6-8-16-42(39)45-41-15-7-4-12-37(41)38-13-5-9-17-43(38)46(45)44(40)28-32/h1-28H. The van der Waals surface area contributed by atoms with Gasteiger partial charge in [0.15, 0.2) is 0 Å². The molecule has 0 aromatic heterocycles. The van der Waals surface area contributed by atoms with Crippen molar-refractivity contribution in [1.82, 2.24) is 0 Å². The first-order valence-electron chi connectivity index (χ1n) is 16.0. The Bertz CT molecular complexity index is 2820. The third kappa shape index (κ3) is 3.68. The van der Waals surface area contributed by atoms with Crippen molar-refractivity contribution in [3.05, 3.63) is 170 Å². The van der Waals surface area contributed by atoms with Crippen molar-refractivity contribution >= 4 is 75.4 Å². The average molecular weight is 581 g/mol. The first-order chi connectivity index (χ1) is 22.8. The van der Waals surface area contributed by atoms with Crippen molar-refractivity contribution in [2.24, 2.45) is 0 Å². The molecule has 0 unspecified atom stereocenters. The highest BCUT2D eigenvalue weighted by Crippen LogP contribution is 2.44. The summed E-state index contributed by atoms with van der Waals surface area (Å²) in [6.07, 6.45) is 0. The summed E-state index contributed by atoms with van der Waals surface area (Å²) in [4.78, 5) is 0. The van der Waals surface area contributed by atoms with Crippen LogP contribution in [0, 0.1) is 0 Å². The van der Waals surface area contributed by atoms with E-state index in [0.29, 0.717) is 0 Å². The van der Waals surface area contributed by atoms with Gasteiger partial charge in [-0.2, -0.15) is 0 Å². The lowest BCUT2D eigenvalue weighted by Gasteiger charge is -2.17. The van der Waals surface area contributed by atoms with E-state index in [-0.39, 0.29) is 0 Å². The molecular formula is C46H28. The van der Waals surface area contributed by atoms with Crippen molar-refractivity contribution in [2.75, 3.05) is 0 Å². The van der Waals surface area contributed by atoms with E-state index in [1.165, 1.54) is 97.7 Å². The Hall–Kier alpha value is -5.98. The maximum absolute atomic E-state index is 2.43. The number of benzene rings is 10. The molecule has 10 rings (SSSR count). The van der Waals surface area contributed by atoms with Crippen LogP contribution in [0.25, 0.3) is 97.7 Å². The molecule has 0 aliphatic heterocycles. The number of hydrogen-bond donors (Lipinski definition) is 0. The highest BCUT2D eigenvalue weighted by molar-refractivity contribution is 6.39. The lowest BCUT2D eigenvalue weighted by Crippen LogP contribution is -1.89. The Labute approximate surface area is 266 Å². The van der Waals surface area contributed by atoms with E-state index in [0.717, 1.165) is 0 Å². The molecule has 212 valence electrons. The summed E-state index contributed by atoms with van der Waals surface area (Å²) in [7, 11) is 0. The molecule has 46 heavy (non-hydrogen) atoms. The van der Waals surface area contributed by atoms with Crippen LogP contribution in [0.15, 0.2) is 170 Å². The summed E-state index contributed by atoms with van der Waals surface area (Å²) < 4.78 is 0. The van der Waals surface area contributed by atoms with Crippen molar-refractivity contribution in [2.45, 2.75) is 0 Å². The van der Waals surface area contributed by atoms with Gasteiger partial charge in [0.1, 0.15) is 0 Å². The summed E-state index contributed by atoms with van der Waals surface area (Å²) in [5.41, 5.74) is 4.97. The second kappa shape index (κ2) is 9.76. The summed E-state index contributed by atoms with van der Waals surface area (Å²) >= 11 is 0. The van der Waals surface area contributed by atoms with Gasteiger partial charge in [-0.3, -0.25) is 0 Å². The summed E-state index contributed by atoms with van der Waals surface area (Å²) in [5, 5.41) is 18.2. The van der Waals surface area contributed by atoms with Crippen LogP contribution in [0.5, 0.6) is 0 Å². The Balaban J connectivity index is 1.22. The number of rotatable bonds is 2. The van der Waals surface area contributed by atoms with E-state index in [4.69, 9.17) is 0 Å². The zero-order valence-corrected chi connectivity index (χ0v) is 25.2. The van der Waals surface area contributed by atoms with Gasteiger partial charge in [-0.1, -0.05) is 152 Å². The highest BCUT2D eigenvalue weighted by Gasteiger charge is 2.16. The molecule has 0 heterocycles. The van der Waals surface area contributed by atoms with E-state index >= 15 is 0 Å². The van der Waals surface area contributed by atoms with Gasteiger partial charge < -0.3 is 0 Å². The zero-order valence-electron chi connectivity index (χ0n) is 25.2. The second-order valence-corrected chi connectivity index (χ2v) is 12.5. The first-order valence-corrected chi connectivity index (χ1v) is 16.0. The first kappa shape index (κ1) is 25.4. The van der Waals surface area contributed by atoms with Gasteiger partial charge >= 0.3 is 0 Å². The van der Waals surface area contributed by atoms with Gasteiger partial charge in [-0.25, -0.2) is 0 Å². The SMILES string of the molecule is c1ccc(-c2ccc3c(ccc4cc(-c5ccc6c7ccccc7c7c8ccccc8c8ccccc8c7c6c5)ccc43)c2)cc1. The molecule has 0 bridgehead atoms. The van der Waals surface area contributed by atoms with Crippen molar-refractivity contribution < 1.29 is 0 Å². The molecule has 0 fully saturated rings. The topological polar surface area (TPSA) is 0 Å². The maximum Gasteiger partial charge on any atom is -0.00137 e. The van der Waals surface area contributed by atoms with Gasteiger partial charge in [0, 0.05) is 0 Å². The highest BCUT2D eigenvalue weighted by atomic mass is 14.2. The van der Waals surface area contributed by atoms with Crippen LogP contribution in [0.4, 0.5) is 0 Å². The molecule has 10 aromatic carbocycles. The Kier molecular flexibility index (Phi) is 5.38. The van der Waals surface area contributed by atoms with E-state index in [1.54, 1.807) is 0 Å². The third-order valence-electron chi connectivity index (χ3n) is 9.98. The smallest absolute Gasteiger partial charge is 0.00137 e. The molecule has 0 amide bonds. The summed E-state index contributed by atoms with van der Waals surface area (Å²) in [6.45, 7) is 0. The summed E-state index contributed by atoms with van der Waals surface area (Å²) in [5.74, 6) is 0. The van der Waals surface area contributed by atoms with Crippen LogP contribution in [0.2, 0.25) is 0 Å². The molecule has 0 atom stereocenters. The van der Waals surface area contributed by atoms with Crippen LogP contribution in [-0.4, -0.2) is 0 Å². The maximum atomic E-state index is 2.43. The molecule has 0 nitrogen and oxygen atoms in total. The molecule has 10 aromatic rings. The van der Waals surface area contributed by atoms with E-state index in [1.807, 2.05) is 0 Å². The molecule has 0 aliphatic rings. The lowest BCUT2D eigenvalue weighted by molar-refractivity contribution is 1.65. The molecule has 0 N–H and O–H groups in total. The molecule has 0 spiro atoms. The van der Waals surface area contributed by atoms with E-state index < -0.39 is 0 Å². The Morgan fingerprint density at radius 1 is 0.196 bits per heavy atom. The molecule has 0 aliphatic carbocycles. The molecule has 0 saturated heterocycles. The predicted molar refractivity (Wildman–Crippen MR) is 200 cm³/mol. The normalized spacial score (nSPS) is 11.9. The zero-order chi connectivity index (χ0) is 30.2. The van der Waals surface area contributed by atoms with Crippen LogP contribution < -0.4 is 0 Å². The van der Waals surface area contributed by atoms with Gasteiger partial charge in [-0.15, -0.1) is 0 Å². The predicted octanol–water partition coefficient (Wildman–Crippen LogP) is 13.1. The van der Waals surface area contributed by atoms with Gasteiger partial charge in [0.05, 0.1) is 0 Å². The fourth-order valence-corrected chi connectivity index (χ4v) is 7.86. The van der Waals surface area contributed by atoms with Gasteiger partial charge in [0.2, 0.25) is 0 Å². The van der Waals surface area contributed by atoms with Crippen LogP contribution in [-0.2, 0) is 0 Å². The van der Waals surface area contributed by atoms with E-state index in [2.05, 4.69) is 170 Å². The van der Waals surface area contributed by atoms with Crippen LogP contribution in [0.3, 0.4) is 0 Å². The monoisotopic (exact) mass is 580 g/mol. The Morgan fingerprint density at radius 2 is 0.565 bits per heavy atom. The largest absolute Gasteiger partial charge is 0.0622 e. The van der Waals surface area contributed by atoms with Crippen molar-refractivity contribution in [3.8, 4) is 22.3 Å². The molecule has 0 radical (unpaired) electrons. The average Bonchev–Trinajstić information content (AvgIpc) is 3.14. The quantitative estimate of drug-likeness (QED) is 0.178. The van der Waals surface area contributed by atoms with Crippen LogP contribution in [0.1, 0.15) is 0 Å². The van der Waals surface area contributed by atoms with Gasteiger partial charge in [-0.05, 0) is 116 Å².